The van der Waals surface area contributed by atoms with Crippen molar-refractivity contribution < 1.29 is 38.7 Å². The highest BCUT2D eigenvalue weighted by atomic mass is 16.5. The number of carbonyl (C=O) groups is 2. The fourth-order valence-electron chi connectivity index (χ4n) is 2.40. The summed E-state index contributed by atoms with van der Waals surface area (Å²) in [6.45, 7) is 2.75. The zero-order valence-electron chi connectivity index (χ0n) is 15.4. The molecule has 8 nitrogen and oxygen atoms in total. The van der Waals surface area contributed by atoms with E-state index in [0.717, 1.165) is 0 Å². The molecular formula is C19H20O8. The van der Waals surface area contributed by atoms with E-state index in [1.807, 2.05) is 0 Å². The Morgan fingerprint density at radius 3 is 2.33 bits per heavy atom. The summed E-state index contributed by atoms with van der Waals surface area (Å²) >= 11 is 0. The number of ether oxygens (including phenoxy) is 4. The van der Waals surface area contributed by atoms with Gasteiger partial charge in [0.2, 0.25) is 0 Å². The predicted molar refractivity (Wildman–Crippen MR) is 94.4 cm³/mol. The molecule has 2 aromatic rings. The molecule has 2 rings (SSSR count). The fraction of sp³-hybridized carbons (Fsp3) is 0.263. The summed E-state index contributed by atoms with van der Waals surface area (Å²) in [6.07, 6.45) is 0. The molecule has 0 atom stereocenters. The molecule has 0 aliphatic rings. The molecule has 0 saturated carbocycles. The van der Waals surface area contributed by atoms with E-state index in [2.05, 4.69) is 4.74 Å². The molecule has 0 bridgehead atoms. The van der Waals surface area contributed by atoms with Crippen LogP contribution in [-0.4, -0.2) is 36.4 Å². The molecule has 2 aromatic carbocycles. The van der Waals surface area contributed by atoms with Crippen molar-refractivity contribution in [2.45, 2.75) is 20.5 Å². The molecule has 0 fully saturated rings. The van der Waals surface area contributed by atoms with Crippen molar-refractivity contribution in [1.29, 1.82) is 0 Å². The molecule has 144 valence electrons. The monoisotopic (exact) mass is 376 g/mol. The highest BCUT2D eigenvalue weighted by Crippen LogP contribution is 2.41. The van der Waals surface area contributed by atoms with Gasteiger partial charge >= 0.3 is 11.9 Å². The van der Waals surface area contributed by atoms with Crippen molar-refractivity contribution in [3.8, 4) is 28.7 Å². The van der Waals surface area contributed by atoms with Gasteiger partial charge in [-0.2, -0.15) is 0 Å². The number of aryl methyl sites for hydroxylation is 1. The van der Waals surface area contributed by atoms with Crippen LogP contribution in [0.2, 0.25) is 0 Å². The van der Waals surface area contributed by atoms with Gasteiger partial charge in [-0.05, 0) is 30.7 Å². The number of phenolic OH excluding ortho intramolecular Hbond substituents is 2. The molecule has 0 spiro atoms. The number of hydrogen-bond donors (Lipinski definition) is 2. The molecule has 0 heterocycles. The summed E-state index contributed by atoms with van der Waals surface area (Å²) in [5.41, 5.74) is 0.723. The van der Waals surface area contributed by atoms with E-state index in [1.54, 1.807) is 6.92 Å². The van der Waals surface area contributed by atoms with Gasteiger partial charge in [-0.1, -0.05) is 0 Å². The van der Waals surface area contributed by atoms with Gasteiger partial charge < -0.3 is 29.2 Å². The van der Waals surface area contributed by atoms with E-state index in [9.17, 15) is 19.8 Å². The van der Waals surface area contributed by atoms with Gasteiger partial charge in [0.25, 0.3) is 0 Å². The zero-order valence-corrected chi connectivity index (χ0v) is 15.4. The molecule has 0 saturated heterocycles. The van der Waals surface area contributed by atoms with Crippen molar-refractivity contribution >= 4 is 11.9 Å². The molecule has 0 aliphatic carbocycles. The molecule has 27 heavy (non-hydrogen) atoms. The van der Waals surface area contributed by atoms with Crippen LogP contribution >= 0.6 is 0 Å². The summed E-state index contributed by atoms with van der Waals surface area (Å²) in [5, 5.41) is 20.4. The maximum Gasteiger partial charge on any atom is 0.345 e. The summed E-state index contributed by atoms with van der Waals surface area (Å²) in [5.74, 6) is -1.71. The molecule has 0 aromatic heterocycles. The molecule has 0 aliphatic heterocycles. The maximum atomic E-state index is 12.0. The van der Waals surface area contributed by atoms with Gasteiger partial charge in [0.05, 0.1) is 14.2 Å². The van der Waals surface area contributed by atoms with Gasteiger partial charge in [0.1, 0.15) is 29.4 Å². The third-order valence-corrected chi connectivity index (χ3v) is 3.61. The van der Waals surface area contributed by atoms with Crippen LogP contribution in [0.4, 0.5) is 0 Å². The quantitative estimate of drug-likeness (QED) is 0.740. The molecule has 2 N–H and O–H groups in total. The first-order chi connectivity index (χ1) is 12.8. The third kappa shape index (κ3) is 4.60. The van der Waals surface area contributed by atoms with Crippen LogP contribution in [0.5, 0.6) is 28.7 Å². The minimum atomic E-state index is -0.808. The maximum absolute atomic E-state index is 12.0. The topological polar surface area (TPSA) is 112 Å². The lowest BCUT2D eigenvalue weighted by Gasteiger charge is -2.17. The van der Waals surface area contributed by atoms with Crippen molar-refractivity contribution in [1.82, 2.24) is 0 Å². The van der Waals surface area contributed by atoms with Gasteiger partial charge in [0, 0.05) is 18.6 Å². The van der Waals surface area contributed by atoms with Crippen LogP contribution < -0.4 is 9.47 Å². The molecule has 8 heteroatoms. The normalized spacial score (nSPS) is 10.2. The Bertz CT molecular complexity index is 872. The number of methoxy groups -OCH3 is 2. The van der Waals surface area contributed by atoms with E-state index in [0.29, 0.717) is 16.9 Å². The average molecular weight is 376 g/mol. The predicted octanol–water partition coefficient (Wildman–Crippen LogP) is 3.06. The van der Waals surface area contributed by atoms with E-state index >= 15 is 0 Å². The molecule has 0 radical (unpaired) electrons. The Balaban J connectivity index is 2.56. The minimum absolute atomic E-state index is 0.0242. The first kappa shape index (κ1) is 19.9. The Hall–Kier alpha value is -3.42. The number of rotatable bonds is 6. The van der Waals surface area contributed by atoms with Crippen LogP contribution in [0.25, 0.3) is 0 Å². The highest BCUT2D eigenvalue weighted by Gasteiger charge is 2.22. The largest absolute Gasteiger partial charge is 0.507 e. The lowest BCUT2D eigenvalue weighted by Crippen LogP contribution is -2.06. The Morgan fingerprint density at radius 1 is 1.04 bits per heavy atom. The van der Waals surface area contributed by atoms with Crippen LogP contribution in [0, 0.1) is 6.92 Å². The lowest BCUT2D eigenvalue weighted by atomic mass is 10.1. The summed E-state index contributed by atoms with van der Waals surface area (Å²) in [4.78, 5) is 23.2. The summed E-state index contributed by atoms with van der Waals surface area (Å²) in [7, 11) is 2.58. The second kappa shape index (κ2) is 8.31. The highest BCUT2D eigenvalue weighted by molar-refractivity contribution is 5.95. The van der Waals surface area contributed by atoms with Crippen molar-refractivity contribution in [3.05, 3.63) is 41.0 Å². The molecule has 0 amide bonds. The number of esters is 2. The number of benzene rings is 2. The smallest absolute Gasteiger partial charge is 0.345 e. The lowest BCUT2D eigenvalue weighted by molar-refractivity contribution is -0.142. The third-order valence-electron chi connectivity index (χ3n) is 3.61. The molecule has 0 unspecified atom stereocenters. The standard InChI is InChI=1S/C19H20O8/c1-10-5-14(21)17(19(23)25-4)16(6-10)27-18-12(9-26-11(2)20)7-13(24-3)8-15(18)22/h5-8,21-22H,9H2,1-4H3. The average Bonchev–Trinajstić information content (AvgIpc) is 2.60. The Morgan fingerprint density at radius 2 is 1.74 bits per heavy atom. The number of hydrogen-bond acceptors (Lipinski definition) is 8. The number of carbonyl (C=O) groups excluding carboxylic acids is 2. The summed E-state index contributed by atoms with van der Waals surface area (Å²) in [6, 6.07) is 5.71. The summed E-state index contributed by atoms with van der Waals surface area (Å²) < 4.78 is 20.5. The van der Waals surface area contributed by atoms with Crippen LogP contribution in [-0.2, 0) is 20.9 Å². The van der Waals surface area contributed by atoms with Crippen LogP contribution in [0.1, 0.15) is 28.4 Å². The van der Waals surface area contributed by atoms with Crippen molar-refractivity contribution in [2.24, 2.45) is 0 Å². The Kier molecular flexibility index (Phi) is 6.12. The van der Waals surface area contributed by atoms with Gasteiger partial charge in [-0.15, -0.1) is 0 Å². The first-order valence-corrected chi connectivity index (χ1v) is 7.89. The fourth-order valence-corrected chi connectivity index (χ4v) is 2.40. The second-order valence-electron chi connectivity index (χ2n) is 5.67. The van der Waals surface area contributed by atoms with Gasteiger partial charge in [-0.3, -0.25) is 4.79 Å². The zero-order chi connectivity index (χ0) is 20.1. The van der Waals surface area contributed by atoms with Gasteiger partial charge in [0.15, 0.2) is 11.5 Å². The van der Waals surface area contributed by atoms with E-state index < -0.39 is 11.9 Å². The number of aromatic hydroxyl groups is 2. The van der Waals surface area contributed by atoms with Crippen molar-refractivity contribution in [3.63, 3.8) is 0 Å². The van der Waals surface area contributed by atoms with Gasteiger partial charge in [-0.25, -0.2) is 4.79 Å². The first-order valence-electron chi connectivity index (χ1n) is 7.89. The van der Waals surface area contributed by atoms with E-state index in [4.69, 9.17) is 14.2 Å². The minimum Gasteiger partial charge on any atom is -0.507 e. The van der Waals surface area contributed by atoms with E-state index in [-0.39, 0.29) is 35.2 Å². The number of phenols is 2. The SMILES string of the molecule is COC(=O)c1c(O)cc(C)cc1Oc1c(O)cc(OC)cc1COC(C)=O. The van der Waals surface area contributed by atoms with E-state index in [1.165, 1.54) is 45.4 Å². The molecular weight excluding hydrogens is 356 g/mol. The second-order valence-corrected chi connectivity index (χ2v) is 5.67. The van der Waals surface area contributed by atoms with Crippen LogP contribution in [0.15, 0.2) is 24.3 Å². The van der Waals surface area contributed by atoms with Crippen LogP contribution in [0.3, 0.4) is 0 Å². The van der Waals surface area contributed by atoms with Crippen molar-refractivity contribution in [2.75, 3.05) is 14.2 Å². The Labute approximate surface area is 155 Å².